The van der Waals surface area contributed by atoms with Crippen LogP contribution in [0, 0.1) is 5.82 Å². The van der Waals surface area contributed by atoms with Crippen molar-refractivity contribution in [1.82, 2.24) is 10.2 Å². The number of benzene rings is 1. The number of rotatable bonds is 3. The first kappa shape index (κ1) is 15.3. The van der Waals surface area contributed by atoms with Gasteiger partial charge in [-0.2, -0.15) is 0 Å². The summed E-state index contributed by atoms with van der Waals surface area (Å²) in [6.45, 7) is 10.8. The van der Waals surface area contributed by atoms with Crippen LogP contribution in [0.2, 0.25) is 0 Å². The number of piperazine rings is 1. The molecular formula is C16H26FN3. The molecule has 2 rings (SSSR count). The fourth-order valence-electron chi connectivity index (χ4n) is 2.45. The third-order valence-electron chi connectivity index (χ3n) is 3.70. The number of nitrogens with zero attached hydrogens (tertiary/aromatic N) is 2. The second kappa shape index (κ2) is 6.10. The van der Waals surface area contributed by atoms with E-state index in [-0.39, 0.29) is 11.4 Å². The maximum atomic E-state index is 14.3. The van der Waals surface area contributed by atoms with Gasteiger partial charge in [-0.05, 0) is 39.4 Å². The number of anilines is 1. The van der Waals surface area contributed by atoms with E-state index < -0.39 is 0 Å². The molecular weight excluding hydrogens is 253 g/mol. The molecule has 0 saturated carbocycles. The first-order valence-corrected chi connectivity index (χ1v) is 7.33. The zero-order valence-electron chi connectivity index (χ0n) is 13.0. The van der Waals surface area contributed by atoms with Crippen molar-refractivity contribution in [3.05, 3.63) is 29.6 Å². The second-order valence-corrected chi connectivity index (χ2v) is 6.64. The normalized spacial score (nSPS) is 17.6. The molecule has 3 nitrogen and oxygen atoms in total. The Morgan fingerprint density at radius 2 is 1.80 bits per heavy atom. The van der Waals surface area contributed by atoms with Crippen LogP contribution in [0.4, 0.5) is 10.1 Å². The zero-order valence-corrected chi connectivity index (χ0v) is 13.0. The highest BCUT2D eigenvalue weighted by molar-refractivity contribution is 5.55. The molecule has 1 N–H and O–H groups in total. The fraction of sp³-hybridized carbons (Fsp3) is 0.625. The van der Waals surface area contributed by atoms with E-state index in [0.29, 0.717) is 6.54 Å². The van der Waals surface area contributed by atoms with Gasteiger partial charge in [0.15, 0.2) is 0 Å². The fourth-order valence-corrected chi connectivity index (χ4v) is 2.45. The highest BCUT2D eigenvalue weighted by atomic mass is 19.1. The van der Waals surface area contributed by atoms with Gasteiger partial charge in [0.05, 0.1) is 5.69 Å². The molecule has 0 atom stereocenters. The van der Waals surface area contributed by atoms with Gasteiger partial charge in [-0.1, -0.05) is 12.1 Å². The Morgan fingerprint density at radius 1 is 1.15 bits per heavy atom. The van der Waals surface area contributed by atoms with Crippen molar-refractivity contribution in [3.63, 3.8) is 0 Å². The van der Waals surface area contributed by atoms with E-state index in [1.54, 1.807) is 12.1 Å². The standard InChI is InChI=1S/C16H26FN3/c1-16(2,3)18-12-13-6-5-7-14(17)15(13)20-10-8-19(4)9-11-20/h5-7,18H,8-12H2,1-4H3. The van der Waals surface area contributed by atoms with E-state index in [2.05, 4.69) is 42.9 Å². The van der Waals surface area contributed by atoms with Gasteiger partial charge in [-0.15, -0.1) is 0 Å². The third kappa shape index (κ3) is 3.93. The summed E-state index contributed by atoms with van der Waals surface area (Å²) in [5, 5.41) is 3.45. The number of para-hydroxylation sites is 1. The number of hydrogen-bond acceptors (Lipinski definition) is 3. The van der Waals surface area contributed by atoms with Crippen LogP contribution in [0.3, 0.4) is 0 Å². The predicted octanol–water partition coefficient (Wildman–Crippen LogP) is 2.47. The molecule has 0 aromatic heterocycles. The Kier molecular flexibility index (Phi) is 4.66. The minimum Gasteiger partial charge on any atom is -0.366 e. The molecule has 1 heterocycles. The summed E-state index contributed by atoms with van der Waals surface area (Å²) in [7, 11) is 2.11. The quantitative estimate of drug-likeness (QED) is 0.917. The molecule has 1 aromatic rings. The summed E-state index contributed by atoms with van der Waals surface area (Å²) in [5.41, 5.74) is 1.85. The van der Waals surface area contributed by atoms with Crippen LogP contribution in [0.1, 0.15) is 26.3 Å². The number of likely N-dealkylation sites (N-methyl/N-ethyl adjacent to an activating group) is 1. The first-order chi connectivity index (χ1) is 9.37. The minimum absolute atomic E-state index is 0.0334. The Hall–Kier alpha value is -1.13. The number of hydrogen-bond donors (Lipinski definition) is 1. The zero-order chi connectivity index (χ0) is 14.8. The smallest absolute Gasteiger partial charge is 0.146 e. The van der Waals surface area contributed by atoms with E-state index in [0.717, 1.165) is 37.4 Å². The van der Waals surface area contributed by atoms with Crippen molar-refractivity contribution in [3.8, 4) is 0 Å². The molecule has 112 valence electrons. The molecule has 1 fully saturated rings. The van der Waals surface area contributed by atoms with Gasteiger partial charge >= 0.3 is 0 Å². The second-order valence-electron chi connectivity index (χ2n) is 6.64. The maximum Gasteiger partial charge on any atom is 0.146 e. The summed E-state index contributed by atoms with van der Waals surface area (Å²) in [4.78, 5) is 4.46. The largest absolute Gasteiger partial charge is 0.366 e. The van der Waals surface area contributed by atoms with Crippen molar-refractivity contribution < 1.29 is 4.39 Å². The Labute approximate surface area is 121 Å². The van der Waals surface area contributed by atoms with Crippen LogP contribution in [0.5, 0.6) is 0 Å². The van der Waals surface area contributed by atoms with Gasteiger partial charge < -0.3 is 15.1 Å². The summed E-state index contributed by atoms with van der Waals surface area (Å²) in [6.07, 6.45) is 0. The van der Waals surface area contributed by atoms with Gasteiger partial charge in [-0.3, -0.25) is 0 Å². The molecule has 4 heteroatoms. The van der Waals surface area contributed by atoms with Crippen molar-refractivity contribution in [2.24, 2.45) is 0 Å². The van der Waals surface area contributed by atoms with Gasteiger partial charge in [-0.25, -0.2) is 4.39 Å². The highest BCUT2D eigenvalue weighted by Crippen LogP contribution is 2.26. The minimum atomic E-state index is -0.109. The summed E-state index contributed by atoms with van der Waals surface area (Å²) in [5.74, 6) is -0.109. The summed E-state index contributed by atoms with van der Waals surface area (Å²) < 4.78 is 14.3. The van der Waals surface area contributed by atoms with Gasteiger partial charge in [0.25, 0.3) is 0 Å². The maximum absolute atomic E-state index is 14.3. The predicted molar refractivity (Wildman–Crippen MR) is 82.7 cm³/mol. The summed E-state index contributed by atoms with van der Waals surface area (Å²) >= 11 is 0. The van der Waals surface area contributed by atoms with Gasteiger partial charge in [0.2, 0.25) is 0 Å². The molecule has 1 aliphatic heterocycles. The van der Waals surface area contributed by atoms with Crippen LogP contribution in [0.25, 0.3) is 0 Å². The monoisotopic (exact) mass is 279 g/mol. The van der Waals surface area contributed by atoms with E-state index in [1.807, 2.05) is 6.07 Å². The summed E-state index contributed by atoms with van der Waals surface area (Å²) in [6, 6.07) is 5.39. The van der Waals surface area contributed by atoms with E-state index in [4.69, 9.17) is 0 Å². The van der Waals surface area contributed by atoms with Gasteiger partial charge in [0.1, 0.15) is 5.82 Å². The highest BCUT2D eigenvalue weighted by Gasteiger charge is 2.21. The van der Waals surface area contributed by atoms with Gasteiger partial charge in [0, 0.05) is 38.3 Å². The SMILES string of the molecule is CN1CCN(c2c(F)cccc2CNC(C)(C)C)CC1. The Balaban J connectivity index is 2.18. The van der Waals surface area contributed by atoms with Crippen molar-refractivity contribution in [1.29, 1.82) is 0 Å². The topological polar surface area (TPSA) is 18.5 Å². The lowest BCUT2D eigenvalue weighted by atomic mass is 10.1. The molecule has 1 aromatic carbocycles. The Morgan fingerprint density at radius 3 is 2.40 bits per heavy atom. The first-order valence-electron chi connectivity index (χ1n) is 7.33. The molecule has 0 radical (unpaired) electrons. The molecule has 0 bridgehead atoms. The van der Waals surface area contributed by atoms with Crippen LogP contribution >= 0.6 is 0 Å². The molecule has 1 aliphatic rings. The average molecular weight is 279 g/mol. The van der Waals surface area contributed by atoms with Crippen LogP contribution in [-0.4, -0.2) is 43.7 Å². The van der Waals surface area contributed by atoms with Crippen molar-refractivity contribution >= 4 is 5.69 Å². The lowest BCUT2D eigenvalue weighted by Gasteiger charge is -2.35. The molecule has 20 heavy (non-hydrogen) atoms. The van der Waals surface area contributed by atoms with Crippen LogP contribution in [0.15, 0.2) is 18.2 Å². The molecule has 0 aliphatic carbocycles. The van der Waals surface area contributed by atoms with E-state index >= 15 is 0 Å². The van der Waals surface area contributed by atoms with Crippen molar-refractivity contribution in [2.45, 2.75) is 32.9 Å². The number of halogens is 1. The third-order valence-corrected chi connectivity index (χ3v) is 3.70. The molecule has 1 saturated heterocycles. The van der Waals surface area contributed by atoms with E-state index in [9.17, 15) is 4.39 Å². The average Bonchev–Trinajstić information content (AvgIpc) is 2.37. The number of nitrogens with one attached hydrogen (secondary N) is 1. The molecule has 0 amide bonds. The van der Waals surface area contributed by atoms with E-state index in [1.165, 1.54) is 0 Å². The van der Waals surface area contributed by atoms with Crippen LogP contribution < -0.4 is 10.2 Å². The lowest BCUT2D eigenvalue weighted by molar-refractivity contribution is 0.311. The van der Waals surface area contributed by atoms with Crippen molar-refractivity contribution in [2.75, 3.05) is 38.1 Å². The molecule has 0 unspecified atom stereocenters. The lowest BCUT2D eigenvalue weighted by Crippen LogP contribution is -2.45. The Bertz CT molecular complexity index is 446. The van der Waals surface area contributed by atoms with Crippen LogP contribution in [-0.2, 0) is 6.54 Å². The molecule has 0 spiro atoms.